The van der Waals surface area contributed by atoms with Crippen molar-refractivity contribution in [2.75, 3.05) is 20.6 Å². The number of rotatable bonds is 6. The lowest BCUT2D eigenvalue weighted by atomic mass is 9.72. The van der Waals surface area contributed by atoms with E-state index < -0.39 is 23.4 Å². The molecule has 0 saturated carbocycles. The summed E-state index contributed by atoms with van der Waals surface area (Å²) in [6.45, 7) is 2.03. The lowest BCUT2D eigenvalue weighted by molar-refractivity contribution is -0.250. The van der Waals surface area contributed by atoms with Gasteiger partial charge in [-0.3, -0.25) is 4.79 Å². The van der Waals surface area contributed by atoms with Gasteiger partial charge >= 0.3 is 0 Å². The molecule has 2 saturated heterocycles. The second-order valence-corrected chi connectivity index (χ2v) is 10.3. The number of benzene rings is 1. The highest BCUT2D eigenvalue weighted by Crippen LogP contribution is 2.51. The van der Waals surface area contributed by atoms with Crippen LogP contribution in [-0.4, -0.2) is 76.1 Å². The number of carbonyl (C=O) groups is 1. The number of fused-ring (bicyclic) bond motifs is 2. The lowest BCUT2D eigenvalue weighted by Gasteiger charge is -2.52. The number of nitrogens with zero attached hydrogens (tertiary/aromatic N) is 2. The van der Waals surface area contributed by atoms with E-state index in [4.69, 9.17) is 4.74 Å². The Morgan fingerprint density at radius 2 is 2.09 bits per heavy atom. The Kier molecular flexibility index (Phi) is 6.70. The van der Waals surface area contributed by atoms with E-state index in [0.29, 0.717) is 31.4 Å². The fraction of sp³-hybridized carbons (Fsp3) is 0.583. The van der Waals surface area contributed by atoms with Crippen molar-refractivity contribution in [2.24, 2.45) is 0 Å². The van der Waals surface area contributed by atoms with Crippen molar-refractivity contribution >= 4 is 17.2 Å². The zero-order valence-electron chi connectivity index (χ0n) is 18.9. The first-order valence-electron chi connectivity index (χ1n) is 11.2. The molecule has 174 valence electrons. The van der Waals surface area contributed by atoms with E-state index >= 15 is 0 Å². The summed E-state index contributed by atoms with van der Waals surface area (Å²) in [6.07, 6.45) is 0.990. The van der Waals surface area contributed by atoms with Gasteiger partial charge in [0.1, 0.15) is 11.8 Å². The molecule has 3 heterocycles. The Bertz CT molecular complexity index is 909. The number of likely N-dealkylation sites (N-methyl/N-ethyl adjacent to an activating group) is 1. The minimum Gasteiger partial charge on any atom is -0.388 e. The van der Waals surface area contributed by atoms with Gasteiger partial charge in [0.15, 0.2) is 0 Å². The molecule has 2 aliphatic rings. The molecule has 0 aliphatic carbocycles. The average molecular weight is 460 g/mol. The van der Waals surface area contributed by atoms with E-state index in [-0.39, 0.29) is 24.4 Å². The number of aliphatic hydroxyl groups is 2. The van der Waals surface area contributed by atoms with Gasteiger partial charge in [0.2, 0.25) is 0 Å². The molecule has 8 heteroatoms. The minimum atomic E-state index is -0.913. The normalized spacial score (nSPS) is 33.5. The molecule has 2 fully saturated rings. The van der Waals surface area contributed by atoms with Gasteiger partial charge in [0, 0.05) is 18.0 Å². The van der Waals surface area contributed by atoms with Crippen LogP contribution < -0.4 is 5.32 Å². The Morgan fingerprint density at radius 3 is 2.75 bits per heavy atom. The molecule has 4 rings (SSSR count). The predicted molar refractivity (Wildman–Crippen MR) is 124 cm³/mol. The van der Waals surface area contributed by atoms with E-state index in [1.54, 1.807) is 10.9 Å². The van der Waals surface area contributed by atoms with Crippen LogP contribution in [0.1, 0.15) is 54.6 Å². The van der Waals surface area contributed by atoms with Gasteiger partial charge in [-0.05, 0) is 58.2 Å². The molecule has 2 bridgehead atoms. The topological polar surface area (TPSA) is 94.9 Å². The highest BCUT2D eigenvalue weighted by atomic mass is 32.1. The predicted octanol–water partition coefficient (Wildman–Crippen LogP) is 2.41. The number of aliphatic hydroxyl groups excluding tert-OH is 2. The van der Waals surface area contributed by atoms with Crippen LogP contribution in [0.5, 0.6) is 0 Å². The first kappa shape index (κ1) is 23.3. The molecule has 7 nitrogen and oxygen atoms in total. The van der Waals surface area contributed by atoms with E-state index in [0.717, 1.165) is 0 Å². The lowest BCUT2D eigenvalue weighted by Crippen LogP contribution is -2.61. The highest BCUT2D eigenvalue weighted by molar-refractivity contribution is 7.07. The fourth-order valence-electron chi connectivity index (χ4n) is 5.48. The molecule has 2 aliphatic heterocycles. The molecule has 6 atom stereocenters. The molecule has 0 unspecified atom stereocenters. The van der Waals surface area contributed by atoms with Gasteiger partial charge in [0.05, 0.1) is 22.8 Å². The van der Waals surface area contributed by atoms with Crippen molar-refractivity contribution in [3.8, 4) is 0 Å². The molecule has 32 heavy (non-hydrogen) atoms. The third kappa shape index (κ3) is 4.47. The average Bonchev–Trinajstić information content (AvgIpc) is 3.30. The summed E-state index contributed by atoms with van der Waals surface area (Å²) in [5.41, 5.74) is 1.46. The van der Waals surface area contributed by atoms with Crippen molar-refractivity contribution in [1.82, 2.24) is 15.2 Å². The number of thiazole rings is 1. The van der Waals surface area contributed by atoms with Crippen molar-refractivity contribution in [3.63, 3.8) is 0 Å². The van der Waals surface area contributed by atoms with Crippen LogP contribution in [0.2, 0.25) is 0 Å². The van der Waals surface area contributed by atoms with Gasteiger partial charge < -0.3 is 25.2 Å². The third-order valence-electron chi connectivity index (χ3n) is 7.20. The zero-order valence-corrected chi connectivity index (χ0v) is 19.7. The third-order valence-corrected chi connectivity index (χ3v) is 7.78. The van der Waals surface area contributed by atoms with Crippen LogP contribution in [0.3, 0.4) is 0 Å². The summed E-state index contributed by atoms with van der Waals surface area (Å²) in [7, 11) is 3.94. The van der Waals surface area contributed by atoms with Gasteiger partial charge in [-0.1, -0.05) is 30.3 Å². The summed E-state index contributed by atoms with van der Waals surface area (Å²) in [4.78, 5) is 18.5. The maximum atomic E-state index is 12.4. The standard InChI is InChI=1S/C24H33N3O4S/c1-23-11-17(16-7-5-4-6-8-16)12-24(31-23,10-9-19(21(23)29)27(2)3)20(28)13-25-22(30)18-14-32-15-26-18/h4-8,14-15,17,19-21,28-29H,9-13H2,1-3H3,(H,25,30)/t17-,19-,20+,21+,23+,24+/m1/s1. The van der Waals surface area contributed by atoms with Gasteiger partial charge in [-0.25, -0.2) is 4.98 Å². The molecule has 0 spiro atoms. The molecule has 1 aromatic carbocycles. The van der Waals surface area contributed by atoms with Crippen LogP contribution in [0.4, 0.5) is 0 Å². The Labute approximate surface area is 193 Å². The monoisotopic (exact) mass is 459 g/mol. The number of carbonyl (C=O) groups excluding carboxylic acids is 1. The largest absolute Gasteiger partial charge is 0.388 e. The molecule has 0 radical (unpaired) electrons. The second-order valence-electron chi connectivity index (χ2n) is 9.61. The van der Waals surface area contributed by atoms with Gasteiger partial charge in [0.25, 0.3) is 5.91 Å². The first-order valence-corrected chi connectivity index (χ1v) is 12.1. The number of hydrogen-bond acceptors (Lipinski definition) is 7. The van der Waals surface area contributed by atoms with Crippen molar-refractivity contribution in [3.05, 3.63) is 52.5 Å². The van der Waals surface area contributed by atoms with Gasteiger partial charge in [-0.2, -0.15) is 0 Å². The number of nitrogens with one attached hydrogen (secondary N) is 1. The summed E-state index contributed by atoms with van der Waals surface area (Å²) >= 11 is 1.36. The Balaban J connectivity index is 1.63. The number of ether oxygens (including phenoxy) is 1. The quantitative estimate of drug-likeness (QED) is 0.614. The van der Waals surface area contributed by atoms with Crippen LogP contribution in [0.25, 0.3) is 0 Å². The summed E-state index contributed by atoms with van der Waals surface area (Å²) in [5, 5.41) is 27.3. The fourth-order valence-corrected chi connectivity index (χ4v) is 6.01. The zero-order chi connectivity index (χ0) is 22.9. The summed E-state index contributed by atoms with van der Waals surface area (Å²) in [6, 6.07) is 10.2. The minimum absolute atomic E-state index is 0.0661. The maximum Gasteiger partial charge on any atom is 0.270 e. The Morgan fingerprint density at radius 1 is 1.34 bits per heavy atom. The molecule has 2 aromatic rings. The van der Waals surface area contributed by atoms with Crippen molar-refractivity contribution < 1.29 is 19.7 Å². The smallest absolute Gasteiger partial charge is 0.270 e. The van der Waals surface area contributed by atoms with Crippen LogP contribution in [-0.2, 0) is 4.74 Å². The number of aromatic nitrogens is 1. The molecule has 1 amide bonds. The van der Waals surface area contributed by atoms with E-state index in [1.165, 1.54) is 16.9 Å². The molecule has 3 N–H and O–H groups in total. The number of hydrogen-bond donors (Lipinski definition) is 3. The van der Waals surface area contributed by atoms with Crippen LogP contribution in [0, 0.1) is 0 Å². The van der Waals surface area contributed by atoms with Crippen LogP contribution >= 0.6 is 11.3 Å². The maximum absolute atomic E-state index is 12.4. The second kappa shape index (κ2) is 9.19. The SMILES string of the molecule is CN(C)[C@@H]1CC[C@@]2([C@@H](O)CNC(=O)c3cscn3)C[C@H](c3ccccc3)C[C@](C)(O2)[C@H]1O. The molecular weight excluding hydrogens is 426 g/mol. The van der Waals surface area contributed by atoms with E-state index in [1.807, 2.05) is 44.1 Å². The molecule has 1 aromatic heterocycles. The van der Waals surface area contributed by atoms with Crippen molar-refractivity contribution in [2.45, 2.75) is 68.0 Å². The Hall–Kier alpha value is -1.84. The number of amides is 1. The highest BCUT2D eigenvalue weighted by Gasteiger charge is 2.57. The van der Waals surface area contributed by atoms with E-state index in [2.05, 4.69) is 22.4 Å². The molecular formula is C24H33N3O4S. The van der Waals surface area contributed by atoms with Crippen LogP contribution in [0.15, 0.2) is 41.2 Å². The summed E-state index contributed by atoms with van der Waals surface area (Å²) in [5.74, 6) is -0.172. The summed E-state index contributed by atoms with van der Waals surface area (Å²) < 4.78 is 6.66. The van der Waals surface area contributed by atoms with Gasteiger partial charge in [-0.15, -0.1) is 11.3 Å². The van der Waals surface area contributed by atoms with E-state index in [9.17, 15) is 15.0 Å². The first-order chi connectivity index (χ1) is 15.2. The van der Waals surface area contributed by atoms with Crippen molar-refractivity contribution in [1.29, 1.82) is 0 Å².